The highest BCUT2D eigenvalue weighted by atomic mass is 16.4. The number of nitrogens with zero attached hydrogens (tertiary/aromatic N) is 2. The molecule has 112 valence electrons. The molecule has 0 amide bonds. The zero-order valence-electron chi connectivity index (χ0n) is 12.8. The average Bonchev–Trinajstić information content (AvgIpc) is 2.46. The predicted octanol–water partition coefficient (Wildman–Crippen LogP) is 2.20. The van der Waals surface area contributed by atoms with Crippen molar-refractivity contribution in [3.63, 3.8) is 0 Å². The molecule has 0 aliphatic rings. The Hall–Kier alpha value is -1.39. The third-order valence-corrected chi connectivity index (χ3v) is 3.70. The van der Waals surface area contributed by atoms with Gasteiger partial charge in [-0.15, -0.1) is 0 Å². The van der Waals surface area contributed by atoms with E-state index in [-0.39, 0.29) is 0 Å². The van der Waals surface area contributed by atoms with E-state index in [0.29, 0.717) is 5.56 Å². The normalized spacial score (nSPS) is 11.2. The number of benzene rings is 1. The van der Waals surface area contributed by atoms with Crippen LogP contribution < -0.4 is 0 Å². The molecule has 0 unspecified atom stereocenters. The number of hydrogen-bond donors (Lipinski definition) is 1. The molecule has 1 N–H and O–H groups in total. The first-order valence-corrected chi connectivity index (χ1v) is 7.30. The fraction of sp³-hybridized carbons (Fsp3) is 0.562. The lowest BCUT2D eigenvalue weighted by atomic mass is 10.0. The smallest absolute Gasteiger partial charge is 0.335 e. The molecule has 0 radical (unpaired) electrons. The molecule has 0 bridgehead atoms. The lowest BCUT2D eigenvalue weighted by molar-refractivity contribution is 0.0695. The molecule has 4 nitrogen and oxygen atoms in total. The molecule has 0 fully saturated rings. The van der Waals surface area contributed by atoms with Crippen LogP contribution in [0.2, 0.25) is 0 Å². The van der Waals surface area contributed by atoms with Gasteiger partial charge in [-0.2, -0.15) is 0 Å². The summed E-state index contributed by atoms with van der Waals surface area (Å²) < 4.78 is 0. The van der Waals surface area contributed by atoms with Crippen molar-refractivity contribution in [2.24, 2.45) is 0 Å². The Morgan fingerprint density at radius 3 is 2.35 bits per heavy atom. The molecule has 0 aromatic heterocycles. The SMILES string of the molecule is CCN(CC)CCN(C)CCc1ccccc1C(=O)O. The van der Waals surface area contributed by atoms with E-state index >= 15 is 0 Å². The minimum atomic E-state index is -0.841. The summed E-state index contributed by atoms with van der Waals surface area (Å²) in [6, 6.07) is 7.25. The van der Waals surface area contributed by atoms with Crippen molar-refractivity contribution < 1.29 is 9.90 Å². The summed E-state index contributed by atoms with van der Waals surface area (Å²) in [6.07, 6.45) is 0.775. The van der Waals surface area contributed by atoms with E-state index in [0.717, 1.165) is 44.7 Å². The first-order chi connectivity index (χ1) is 9.58. The van der Waals surface area contributed by atoms with E-state index in [1.807, 2.05) is 12.1 Å². The summed E-state index contributed by atoms with van der Waals surface area (Å²) >= 11 is 0. The van der Waals surface area contributed by atoms with Gasteiger partial charge in [-0.3, -0.25) is 0 Å². The van der Waals surface area contributed by atoms with E-state index < -0.39 is 5.97 Å². The molecule has 0 spiro atoms. The number of aromatic carboxylic acids is 1. The maximum Gasteiger partial charge on any atom is 0.335 e. The zero-order valence-corrected chi connectivity index (χ0v) is 12.8. The number of carboxylic acid groups (broad SMARTS) is 1. The third-order valence-electron chi connectivity index (χ3n) is 3.70. The molecule has 4 heteroatoms. The van der Waals surface area contributed by atoms with Crippen LogP contribution >= 0.6 is 0 Å². The highest BCUT2D eigenvalue weighted by Crippen LogP contribution is 2.10. The molecular weight excluding hydrogens is 252 g/mol. The summed E-state index contributed by atoms with van der Waals surface area (Å²) in [7, 11) is 2.09. The van der Waals surface area contributed by atoms with Crippen LogP contribution in [0.4, 0.5) is 0 Å². The van der Waals surface area contributed by atoms with Gasteiger partial charge in [0, 0.05) is 19.6 Å². The summed E-state index contributed by atoms with van der Waals surface area (Å²) in [5, 5.41) is 9.15. The van der Waals surface area contributed by atoms with Gasteiger partial charge >= 0.3 is 5.97 Å². The van der Waals surface area contributed by atoms with Gasteiger partial charge in [0.1, 0.15) is 0 Å². The molecule has 0 saturated heterocycles. The second-order valence-electron chi connectivity index (χ2n) is 5.04. The average molecular weight is 278 g/mol. The molecular formula is C16H26N2O2. The number of hydrogen-bond acceptors (Lipinski definition) is 3. The van der Waals surface area contributed by atoms with Crippen LogP contribution in [0.15, 0.2) is 24.3 Å². The van der Waals surface area contributed by atoms with Crippen LogP contribution in [0.25, 0.3) is 0 Å². The van der Waals surface area contributed by atoms with Gasteiger partial charge in [0.15, 0.2) is 0 Å². The van der Waals surface area contributed by atoms with Crippen molar-refractivity contribution in [3.05, 3.63) is 35.4 Å². The van der Waals surface area contributed by atoms with Gasteiger partial charge in [0.2, 0.25) is 0 Å². The Balaban J connectivity index is 2.45. The van der Waals surface area contributed by atoms with Crippen LogP contribution in [0.1, 0.15) is 29.8 Å². The largest absolute Gasteiger partial charge is 0.478 e. The van der Waals surface area contributed by atoms with Crippen LogP contribution in [0, 0.1) is 0 Å². The van der Waals surface area contributed by atoms with Crippen molar-refractivity contribution >= 4 is 5.97 Å². The van der Waals surface area contributed by atoms with Gasteiger partial charge in [-0.25, -0.2) is 4.79 Å². The van der Waals surface area contributed by atoms with Crippen LogP contribution in [0.3, 0.4) is 0 Å². The van der Waals surface area contributed by atoms with E-state index in [9.17, 15) is 4.79 Å². The predicted molar refractivity (Wildman–Crippen MR) is 82.4 cm³/mol. The van der Waals surface area contributed by atoms with E-state index in [1.54, 1.807) is 12.1 Å². The van der Waals surface area contributed by atoms with Crippen LogP contribution in [0.5, 0.6) is 0 Å². The Morgan fingerprint density at radius 1 is 1.10 bits per heavy atom. The maximum atomic E-state index is 11.1. The third kappa shape index (κ3) is 5.31. The second kappa shape index (κ2) is 8.72. The summed E-state index contributed by atoms with van der Waals surface area (Å²) in [5.74, 6) is -0.841. The van der Waals surface area contributed by atoms with Crippen molar-refractivity contribution in [2.45, 2.75) is 20.3 Å². The Morgan fingerprint density at radius 2 is 1.75 bits per heavy atom. The summed E-state index contributed by atoms with van der Waals surface area (Å²) in [6.45, 7) is 9.45. The number of carboxylic acids is 1. The fourth-order valence-electron chi connectivity index (χ4n) is 2.22. The topological polar surface area (TPSA) is 43.8 Å². The van der Waals surface area contributed by atoms with Gasteiger partial charge < -0.3 is 14.9 Å². The van der Waals surface area contributed by atoms with E-state index in [2.05, 4.69) is 30.7 Å². The minimum Gasteiger partial charge on any atom is -0.478 e. The van der Waals surface area contributed by atoms with Crippen molar-refractivity contribution in [2.75, 3.05) is 39.8 Å². The van der Waals surface area contributed by atoms with Crippen molar-refractivity contribution in [1.82, 2.24) is 9.80 Å². The van der Waals surface area contributed by atoms with Gasteiger partial charge in [-0.1, -0.05) is 32.0 Å². The van der Waals surface area contributed by atoms with Crippen molar-refractivity contribution in [1.29, 1.82) is 0 Å². The van der Waals surface area contributed by atoms with Crippen molar-refractivity contribution in [3.8, 4) is 0 Å². The molecule has 0 saturated carbocycles. The molecule has 0 heterocycles. The zero-order chi connectivity index (χ0) is 15.0. The quantitative estimate of drug-likeness (QED) is 0.752. The lowest BCUT2D eigenvalue weighted by Gasteiger charge is -2.23. The molecule has 0 atom stereocenters. The summed E-state index contributed by atoms with van der Waals surface area (Å²) in [4.78, 5) is 15.8. The summed E-state index contributed by atoms with van der Waals surface area (Å²) in [5.41, 5.74) is 1.33. The molecule has 1 aromatic rings. The molecule has 0 aliphatic carbocycles. The molecule has 1 rings (SSSR count). The number of likely N-dealkylation sites (N-methyl/N-ethyl adjacent to an activating group) is 2. The van der Waals surface area contributed by atoms with Gasteiger partial charge in [0.25, 0.3) is 0 Å². The highest BCUT2D eigenvalue weighted by molar-refractivity contribution is 5.89. The molecule has 1 aromatic carbocycles. The highest BCUT2D eigenvalue weighted by Gasteiger charge is 2.09. The van der Waals surface area contributed by atoms with E-state index in [1.165, 1.54) is 0 Å². The van der Waals surface area contributed by atoms with Gasteiger partial charge in [-0.05, 0) is 38.2 Å². The minimum absolute atomic E-state index is 0.421. The second-order valence-corrected chi connectivity index (χ2v) is 5.04. The standard InChI is InChI=1S/C16H26N2O2/c1-4-18(5-2)13-12-17(3)11-10-14-8-6-7-9-15(14)16(19)20/h6-9H,4-5,10-13H2,1-3H3,(H,19,20). The fourth-order valence-corrected chi connectivity index (χ4v) is 2.22. The van der Waals surface area contributed by atoms with Gasteiger partial charge in [0.05, 0.1) is 5.56 Å². The Kier molecular flexibility index (Phi) is 7.26. The molecule has 0 aliphatic heterocycles. The number of rotatable bonds is 9. The maximum absolute atomic E-state index is 11.1. The van der Waals surface area contributed by atoms with E-state index in [4.69, 9.17) is 5.11 Å². The van der Waals surface area contributed by atoms with Crippen LogP contribution in [-0.2, 0) is 6.42 Å². The first kappa shape index (κ1) is 16.7. The number of carbonyl (C=O) groups is 1. The first-order valence-electron chi connectivity index (χ1n) is 7.30. The van der Waals surface area contributed by atoms with Crippen LogP contribution in [-0.4, -0.2) is 60.6 Å². The monoisotopic (exact) mass is 278 g/mol. The Labute approximate surface area is 122 Å². The molecule has 20 heavy (non-hydrogen) atoms. The Bertz CT molecular complexity index is 417. The lowest BCUT2D eigenvalue weighted by Crippen LogP contribution is -2.34.